The van der Waals surface area contributed by atoms with E-state index in [2.05, 4.69) is 10.3 Å². The van der Waals surface area contributed by atoms with Crippen molar-refractivity contribution in [2.24, 2.45) is 5.73 Å². The van der Waals surface area contributed by atoms with Gasteiger partial charge in [0.15, 0.2) is 0 Å². The second kappa shape index (κ2) is 16.1. The highest BCUT2D eigenvalue weighted by Gasteiger charge is 2.35. The Hall–Kier alpha value is -4.89. The standard InChI is InChI=1S/C38H44FN5O3/c1-38(2,40)20-7-10-35(45)43(3)34(26-29-11-14-30-8-5-6-9-31(30)24-29)37(47)44(4)33(25-28-12-15-32(39)16-13-28)36(46)42-23-19-27-17-21-41-22-18-27/h5-18,21-22,24,33-34H,19-20,23,25-26,40H2,1-4H3,(H,42,46)/b10-7+/t33-,34-/m1/s1. The maximum atomic E-state index is 14.4. The number of fused-ring (bicyclic) bond motifs is 1. The smallest absolute Gasteiger partial charge is 0.246 e. The van der Waals surface area contributed by atoms with E-state index in [1.165, 1.54) is 28.0 Å². The van der Waals surface area contributed by atoms with Crippen LogP contribution in [0.25, 0.3) is 10.8 Å². The first-order chi connectivity index (χ1) is 22.4. The Morgan fingerprint density at radius 1 is 0.851 bits per heavy atom. The van der Waals surface area contributed by atoms with E-state index in [4.69, 9.17) is 5.73 Å². The Balaban J connectivity index is 1.62. The molecule has 4 aromatic rings. The van der Waals surface area contributed by atoms with Gasteiger partial charge in [-0.1, -0.05) is 60.7 Å². The van der Waals surface area contributed by atoms with Crippen molar-refractivity contribution < 1.29 is 18.8 Å². The molecule has 0 aliphatic heterocycles. The molecule has 0 saturated heterocycles. The minimum Gasteiger partial charge on any atom is -0.354 e. The highest BCUT2D eigenvalue weighted by molar-refractivity contribution is 5.95. The van der Waals surface area contributed by atoms with Gasteiger partial charge in [-0.3, -0.25) is 19.4 Å². The van der Waals surface area contributed by atoms with Crippen molar-refractivity contribution in [1.29, 1.82) is 0 Å². The summed E-state index contributed by atoms with van der Waals surface area (Å²) in [7, 11) is 3.18. The molecule has 0 bridgehead atoms. The van der Waals surface area contributed by atoms with Crippen molar-refractivity contribution in [2.45, 2.75) is 57.2 Å². The van der Waals surface area contributed by atoms with E-state index in [9.17, 15) is 18.8 Å². The van der Waals surface area contributed by atoms with Gasteiger partial charge in [-0.25, -0.2) is 4.39 Å². The molecule has 0 radical (unpaired) electrons. The van der Waals surface area contributed by atoms with Crippen LogP contribution in [0.15, 0.2) is 103 Å². The van der Waals surface area contributed by atoms with Crippen molar-refractivity contribution in [3.63, 3.8) is 0 Å². The molecule has 0 unspecified atom stereocenters. The van der Waals surface area contributed by atoms with Crippen LogP contribution < -0.4 is 11.1 Å². The normalized spacial score (nSPS) is 12.9. The lowest BCUT2D eigenvalue weighted by molar-refractivity contribution is -0.146. The van der Waals surface area contributed by atoms with Gasteiger partial charge in [0.2, 0.25) is 17.7 Å². The molecule has 2 atom stereocenters. The summed E-state index contributed by atoms with van der Waals surface area (Å²) in [4.78, 5) is 48.4. The predicted molar refractivity (Wildman–Crippen MR) is 184 cm³/mol. The highest BCUT2D eigenvalue weighted by Crippen LogP contribution is 2.20. The number of carbonyl (C=O) groups excluding carboxylic acids is 3. The molecule has 3 N–H and O–H groups in total. The number of hydrogen-bond acceptors (Lipinski definition) is 5. The van der Waals surface area contributed by atoms with Gasteiger partial charge in [0, 0.05) is 51.4 Å². The van der Waals surface area contributed by atoms with Crippen LogP contribution in [0.4, 0.5) is 4.39 Å². The number of pyridine rings is 1. The fraction of sp³-hybridized carbons (Fsp3) is 0.316. The summed E-state index contributed by atoms with van der Waals surface area (Å²) < 4.78 is 13.7. The molecule has 3 amide bonds. The van der Waals surface area contributed by atoms with Crippen LogP contribution in [0, 0.1) is 5.82 Å². The Kier molecular flexibility index (Phi) is 12.0. The van der Waals surface area contributed by atoms with Crippen molar-refractivity contribution in [2.75, 3.05) is 20.6 Å². The largest absolute Gasteiger partial charge is 0.354 e. The van der Waals surface area contributed by atoms with Gasteiger partial charge < -0.3 is 20.9 Å². The average molecular weight is 638 g/mol. The summed E-state index contributed by atoms with van der Waals surface area (Å²) in [5.41, 5.74) is 8.19. The molecule has 4 rings (SSSR count). The highest BCUT2D eigenvalue weighted by atomic mass is 19.1. The second-order valence-corrected chi connectivity index (χ2v) is 12.6. The number of carbonyl (C=O) groups is 3. The quantitative estimate of drug-likeness (QED) is 0.192. The van der Waals surface area contributed by atoms with E-state index in [-0.39, 0.29) is 24.7 Å². The van der Waals surface area contributed by atoms with Crippen LogP contribution in [0.1, 0.15) is 37.0 Å². The molecule has 0 aliphatic rings. The van der Waals surface area contributed by atoms with E-state index in [0.717, 1.165) is 21.9 Å². The molecule has 8 nitrogen and oxygen atoms in total. The van der Waals surface area contributed by atoms with Crippen LogP contribution in [-0.4, -0.2) is 70.8 Å². The first-order valence-corrected chi connectivity index (χ1v) is 15.8. The lowest BCUT2D eigenvalue weighted by Crippen LogP contribution is -2.56. The monoisotopic (exact) mass is 637 g/mol. The Labute approximate surface area is 276 Å². The van der Waals surface area contributed by atoms with Crippen LogP contribution in [0.3, 0.4) is 0 Å². The first kappa shape index (κ1) is 35.0. The summed E-state index contributed by atoms with van der Waals surface area (Å²) >= 11 is 0. The topological polar surface area (TPSA) is 109 Å². The zero-order valence-corrected chi connectivity index (χ0v) is 27.5. The lowest BCUT2D eigenvalue weighted by Gasteiger charge is -2.34. The second-order valence-electron chi connectivity index (χ2n) is 12.6. The number of hydrogen-bond donors (Lipinski definition) is 2. The number of rotatable bonds is 14. The maximum Gasteiger partial charge on any atom is 0.246 e. The Bertz CT molecular complexity index is 1690. The third-order valence-corrected chi connectivity index (χ3v) is 8.17. The van der Waals surface area contributed by atoms with E-state index in [1.54, 1.807) is 44.7 Å². The van der Waals surface area contributed by atoms with Gasteiger partial charge in [0.1, 0.15) is 17.9 Å². The fourth-order valence-electron chi connectivity index (χ4n) is 5.35. The lowest BCUT2D eigenvalue weighted by atomic mass is 9.98. The van der Waals surface area contributed by atoms with Gasteiger partial charge >= 0.3 is 0 Å². The van der Waals surface area contributed by atoms with Gasteiger partial charge in [-0.2, -0.15) is 0 Å². The Morgan fingerprint density at radius 2 is 1.49 bits per heavy atom. The molecule has 246 valence electrons. The number of benzene rings is 3. The number of amides is 3. The van der Waals surface area contributed by atoms with E-state index < -0.39 is 29.3 Å². The van der Waals surface area contributed by atoms with Gasteiger partial charge in [-0.15, -0.1) is 0 Å². The van der Waals surface area contributed by atoms with Crippen molar-refractivity contribution in [3.8, 4) is 0 Å². The van der Waals surface area contributed by atoms with Crippen molar-refractivity contribution in [1.82, 2.24) is 20.1 Å². The minimum absolute atomic E-state index is 0.162. The zero-order chi connectivity index (χ0) is 34.0. The van der Waals surface area contributed by atoms with Crippen molar-refractivity contribution in [3.05, 3.63) is 126 Å². The summed E-state index contributed by atoms with van der Waals surface area (Å²) in [5, 5.41) is 5.06. The molecule has 47 heavy (non-hydrogen) atoms. The zero-order valence-electron chi connectivity index (χ0n) is 27.5. The number of aromatic nitrogens is 1. The van der Waals surface area contributed by atoms with E-state index in [0.29, 0.717) is 24.9 Å². The molecule has 0 aliphatic carbocycles. The van der Waals surface area contributed by atoms with Crippen molar-refractivity contribution >= 4 is 28.5 Å². The number of nitrogens with zero attached hydrogens (tertiary/aromatic N) is 3. The number of halogens is 1. The van der Waals surface area contributed by atoms with Crippen LogP contribution in [-0.2, 0) is 33.6 Å². The summed E-state index contributed by atoms with van der Waals surface area (Å²) in [6, 6.07) is 21.7. The third-order valence-electron chi connectivity index (χ3n) is 8.17. The predicted octanol–water partition coefficient (Wildman–Crippen LogP) is 4.86. The van der Waals surface area contributed by atoms with E-state index in [1.807, 2.05) is 68.4 Å². The fourth-order valence-corrected chi connectivity index (χ4v) is 5.35. The minimum atomic E-state index is -0.915. The summed E-state index contributed by atoms with van der Waals surface area (Å²) in [6.07, 6.45) is 8.01. The number of nitrogens with one attached hydrogen (secondary N) is 1. The molecule has 9 heteroatoms. The molecule has 0 saturated carbocycles. The number of nitrogens with two attached hydrogens (primary N) is 1. The first-order valence-electron chi connectivity index (χ1n) is 15.8. The SMILES string of the molecule is CN(C(=O)/C=C/CC(C)(C)N)[C@H](Cc1ccc2ccccc2c1)C(=O)N(C)[C@H](Cc1ccc(F)cc1)C(=O)NCCc1ccncc1. The summed E-state index contributed by atoms with van der Waals surface area (Å²) in [6.45, 7) is 4.10. The number of likely N-dealkylation sites (N-methyl/N-ethyl adjacent to an activating group) is 2. The molecular weight excluding hydrogens is 593 g/mol. The molecule has 3 aromatic carbocycles. The molecule has 1 heterocycles. The van der Waals surface area contributed by atoms with Crippen LogP contribution in [0.2, 0.25) is 0 Å². The maximum absolute atomic E-state index is 14.4. The molecular formula is C38H44FN5O3. The summed E-state index contributed by atoms with van der Waals surface area (Å²) in [5.74, 6) is -1.47. The molecule has 0 fully saturated rings. The molecule has 0 spiro atoms. The third kappa shape index (κ3) is 10.3. The van der Waals surface area contributed by atoms with Gasteiger partial charge in [0.25, 0.3) is 0 Å². The Morgan fingerprint density at radius 3 is 2.17 bits per heavy atom. The average Bonchev–Trinajstić information content (AvgIpc) is 3.05. The van der Waals surface area contributed by atoms with Crippen LogP contribution in [0.5, 0.6) is 0 Å². The molecule has 1 aromatic heterocycles. The van der Waals surface area contributed by atoms with E-state index >= 15 is 0 Å². The van der Waals surface area contributed by atoms with Gasteiger partial charge in [0.05, 0.1) is 0 Å². The van der Waals surface area contributed by atoms with Gasteiger partial charge in [-0.05, 0) is 84.5 Å². The van der Waals surface area contributed by atoms with Crippen LogP contribution >= 0.6 is 0 Å².